The van der Waals surface area contributed by atoms with Gasteiger partial charge in [0.05, 0.1) is 7.11 Å². The summed E-state index contributed by atoms with van der Waals surface area (Å²) >= 11 is 0. The minimum absolute atomic E-state index is 0.0117. The number of phenolic OH excluding ortho intramolecular Hbond substituents is 1. The van der Waals surface area contributed by atoms with E-state index in [2.05, 4.69) is 0 Å². The van der Waals surface area contributed by atoms with E-state index in [-0.39, 0.29) is 29.7 Å². The zero-order chi connectivity index (χ0) is 21.4. The van der Waals surface area contributed by atoms with Crippen LogP contribution in [0.2, 0.25) is 0 Å². The standard InChI is InChI=1S/C23H25FO5/c1-15(2)5-11-18-20(29-14-27-3)13-21(28-4)22(23(18)26)19(25)12-8-16-6-9-17(24)10-7-16/h5-10,12-13,26H,11,14H2,1-4H3. The van der Waals surface area contributed by atoms with Gasteiger partial charge in [0.1, 0.15) is 28.6 Å². The predicted molar refractivity (Wildman–Crippen MR) is 110 cm³/mol. The monoisotopic (exact) mass is 400 g/mol. The number of benzene rings is 2. The SMILES string of the molecule is COCOc1cc(OC)c(C(=O)C=Cc2ccc(F)cc2)c(O)c1CC=C(C)C. The van der Waals surface area contributed by atoms with Crippen molar-refractivity contribution in [1.29, 1.82) is 0 Å². The van der Waals surface area contributed by atoms with Crippen LogP contribution < -0.4 is 9.47 Å². The van der Waals surface area contributed by atoms with Gasteiger partial charge < -0.3 is 19.3 Å². The van der Waals surface area contributed by atoms with Crippen LogP contribution in [0.1, 0.15) is 35.3 Å². The third kappa shape index (κ3) is 5.93. The molecule has 0 aliphatic carbocycles. The number of ether oxygens (including phenoxy) is 3. The van der Waals surface area contributed by atoms with Crippen LogP contribution in [0.25, 0.3) is 6.08 Å². The number of rotatable bonds is 9. The summed E-state index contributed by atoms with van der Waals surface area (Å²) in [7, 11) is 2.90. The Kier molecular flexibility index (Phi) is 7.98. The van der Waals surface area contributed by atoms with Gasteiger partial charge in [-0.15, -0.1) is 0 Å². The molecule has 2 rings (SSSR count). The molecule has 0 atom stereocenters. The highest BCUT2D eigenvalue weighted by molar-refractivity contribution is 6.11. The molecule has 0 bridgehead atoms. The molecule has 1 N–H and O–H groups in total. The lowest BCUT2D eigenvalue weighted by Gasteiger charge is -2.17. The normalized spacial score (nSPS) is 10.8. The first kappa shape index (κ1) is 22.2. The van der Waals surface area contributed by atoms with Crippen molar-refractivity contribution >= 4 is 11.9 Å². The van der Waals surface area contributed by atoms with Crippen molar-refractivity contribution in [1.82, 2.24) is 0 Å². The molecule has 0 aliphatic heterocycles. The topological polar surface area (TPSA) is 65.0 Å². The van der Waals surface area contributed by atoms with E-state index in [1.54, 1.807) is 24.3 Å². The zero-order valence-corrected chi connectivity index (χ0v) is 17.0. The van der Waals surface area contributed by atoms with Gasteiger partial charge in [-0.25, -0.2) is 4.39 Å². The fourth-order valence-electron chi connectivity index (χ4n) is 2.65. The van der Waals surface area contributed by atoms with Crippen LogP contribution in [-0.2, 0) is 11.2 Å². The molecule has 2 aromatic rings. The highest BCUT2D eigenvalue weighted by Crippen LogP contribution is 2.40. The molecule has 0 fully saturated rings. The summed E-state index contributed by atoms with van der Waals surface area (Å²) < 4.78 is 28.9. The van der Waals surface area contributed by atoms with Crippen LogP contribution in [-0.4, -0.2) is 31.9 Å². The van der Waals surface area contributed by atoms with Gasteiger partial charge in [-0.3, -0.25) is 4.79 Å². The first-order valence-electron chi connectivity index (χ1n) is 9.03. The number of halogens is 1. The third-order valence-electron chi connectivity index (χ3n) is 4.14. The zero-order valence-electron chi connectivity index (χ0n) is 17.0. The molecular formula is C23H25FO5. The van der Waals surface area contributed by atoms with Gasteiger partial charge in [-0.05, 0) is 44.0 Å². The Balaban J connectivity index is 2.47. The maximum atomic E-state index is 13.0. The summed E-state index contributed by atoms with van der Waals surface area (Å²) in [5, 5.41) is 10.9. The number of hydrogen-bond acceptors (Lipinski definition) is 5. The number of carbonyl (C=O) groups is 1. The molecule has 0 saturated heterocycles. The van der Waals surface area contributed by atoms with Crippen molar-refractivity contribution in [3.8, 4) is 17.2 Å². The van der Waals surface area contributed by atoms with E-state index in [1.165, 1.54) is 32.4 Å². The van der Waals surface area contributed by atoms with Crippen LogP contribution >= 0.6 is 0 Å². The maximum Gasteiger partial charge on any atom is 0.193 e. The number of aromatic hydroxyl groups is 1. The van der Waals surface area contributed by atoms with Crippen molar-refractivity contribution in [2.24, 2.45) is 0 Å². The number of carbonyl (C=O) groups excluding carboxylic acids is 1. The van der Waals surface area contributed by atoms with E-state index in [4.69, 9.17) is 14.2 Å². The van der Waals surface area contributed by atoms with E-state index in [0.29, 0.717) is 23.3 Å². The largest absolute Gasteiger partial charge is 0.507 e. The summed E-state index contributed by atoms with van der Waals surface area (Å²) in [5.74, 6) is -0.452. The molecule has 6 heteroatoms. The molecule has 0 aromatic heterocycles. The van der Waals surface area contributed by atoms with Gasteiger partial charge in [0, 0.05) is 18.7 Å². The fraction of sp³-hybridized carbons (Fsp3) is 0.261. The van der Waals surface area contributed by atoms with Crippen LogP contribution in [0.5, 0.6) is 17.2 Å². The highest BCUT2D eigenvalue weighted by atomic mass is 19.1. The van der Waals surface area contributed by atoms with Gasteiger partial charge in [0.25, 0.3) is 0 Å². The molecule has 0 unspecified atom stereocenters. The summed E-state index contributed by atoms with van der Waals surface area (Å²) in [6, 6.07) is 7.28. The Labute approximate surface area is 170 Å². The molecule has 154 valence electrons. The molecule has 29 heavy (non-hydrogen) atoms. The Bertz CT molecular complexity index is 910. The minimum atomic E-state index is -0.444. The Morgan fingerprint density at radius 1 is 1.14 bits per heavy atom. The van der Waals surface area contributed by atoms with Crippen molar-refractivity contribution < 1.29 is 28.5 Å². The van der Waals surface area contributed by atoms with E-state index in [9.17, 15) is 14.3 Å². The highest BCUT2D eigenvalue weighted by Gasteiger charge is 2.23. The molecule has 5 nitrogen and oxygen atoms in total. The van der Waals surface area contributed by atoms with Crippen LogP contribution in [0.4, 0.5) is 4.39 Å². The first-order valence-corrected chi connectivity index (χ1v) is 9.03. The lowest BCUT2D eigenvalue weighted by molar-refractivity contribution is 0.0502. The Hall–Kier alpha value is -3.12. The van der Waals surface area contributed by atoms with Crippen molar-refractivity contribution in [2.75, 3.05) is 21.0 Å². The van der Waals surface area contributed by atoms with Gasteiger partial charge >= 0.3 is 0 Å². The van der Waals surface area contributed by atoms with Gasteiger partial charge in [0.15, 0.2) is 12.6 Å². The second kappa shape index (κ2) is 10.4. The van der Waals surface area contributed by atoms with Crippen LogP contribution in [0.15, 0.2) is 48.1 Å². The smallest absolute Gasteiger partial charge is 0.193 e. The summed E-state index contributed by atoms with van der Waals surface area (Å²) in [6.45, 7) is 3.86. The van der Waals surface area contributed by atoms with Crippen LogP contribution in [0, 0.1) is 5.82 Å². The molecule has 0 heterocycles. The van der Waals surface area contributed by atoms with Gasteiger partial charge in [-0.1, -0.05) is 29.9 Å². The summed E-state index contributed by atoms with van der Waals surface area (Å²) in [4.78, 5) is 12.8. The van der Waals surface area contributed by atoms with Gasteiger partial charge in [0.2, 0.25) is 0 Å². The third-order valence-corrected chi connectivity index (χ3v) is 4.14. The molecule has 2 aromatic carbocycles. The molecule has 0 amide bonds. The van der Waals surface area contributed by atoms with E-state index < -0.39 is 5.78 Å². The quantitative estimate of drug-likeness (QED) is 0.280. The Morgan fingerprint density at radius 3 is 2.41 bits per heavy atom. The molecular weight excluding hydrogens is 375 g/mol. The van der Waals surface area contributed by atoms with Crippen molar-refractivity contribution in [2.45, 2.75) is 20.3 Å². The summed E-state index contributed by atoms with van der Waals surface area (Å²) in [6.07, 6.45) is 5.15. The second-order valence-electron chi connectivity index (χ2n) is 6.56. The number of ketones is 1. The number of phenols is 1. The number of hydrogen-bond donors (Lipinski definition) is 1. The molecule has 0 aliphatic rings. The number of allylic oxidation sites excluding steroid dienone is 3. The Morgan fingerprint density at radius 2 is 1.83 bits per heavy atom. The van der Waals surface area contributed by atoms with Crippen molar-refractivity contribution in [3.05, 3.63) is 70.6 Å². The molecule has 0 saturated carbocycles. The van der Waals surface area contributed by atoms with Gasteiger partial charge in [-0.2, -0.15) is 0 Å². The fourth-order valence-corrected chi connectivity index (χ4v) is 2.65. The lowest BCUT2D eigenvalue weighted by Crippen LogP contribution is -2.07. The summed E-state index contributed by atoms with van der Waals surface area (Å²) in [5.41, 5.74) is 2.21. The first-order chi connectivity index (χ1) is 13.9. The lowest BCUT2D eigenvalue weighted by atomic mass is 9.99. The van der Waals surface area contributed by atoms with E-state index in [1.807, 2.05) is 19.9 Å². The van der Waals surface area contributed by atoms with E-state index >= 15 is 0 Å². The molecule has 0 radical (unpaired) electrons. The predicted octanol–water partition coefficient (Wildman–Crippen LogP) is 4.93. The average molecular weight is 400 g/mol. The second-order valence-corrected chi connectivity index (χ2v) is 6.56. The molecule has 0 spiro atoms. The van der Waals surface area contributed by atoms with E-state index in [0.717, 1.165) is 5.57 Å². The maximum absolute atomic E-state index is 13.0. The minimum Gasteiger partial charge on any atom is -0.507 e. The van der Waals surface area contributed by atoms with Crippen LogP contribution in [0.3, 0.4) is 0 Å². The van der Waals surface area contributed by atoms with Crippen molar-refractivity contribution in [3.63, 3.8) is 0 Å². The number of methoxy groups -OCH3 is 2. The average Bonchev–Trinajstić information content (AvgIpc) is 2.70.